The predicted octanol–water partition coefficient (Wildman–Crippen LogP) is 10.1. The number of hydrogen-bond donors (Lipinski definition) is 8. The van der Waals surface area contributed by atoms with Crippen LogP contribution in [0.5, 0.6) is 0 Å². The molecule has 4 bridgehead atoms. The summed E-state index contributed by atoms with van der Waals surface area (Å²) in [7, 11) is 6.58. The second-order valence-electron chi connectivity index (χ2n) is 30.3. The number of fused-ring (bicyclic) bond motifs is 4. The highest BCUT2D eigenvalue weighted by molar-refractivity contribution is 5.83. The number of esters is 2. The molecule has 1 unspecified atom stereocenters. The van der Waals surface area contributed by atoms with E-state index in [1.807, 2.05) is 106 Å². The van der Waals surface area contributed by atoms with Crippen molar-refractivity contribution in [3.8, 4) is 0 Å². The van der Waals surface area contributed by atoms with Crippen LogP contribution in [0.25, 0.3) is 0 Å². The van der Waals surface area contributed by atoms with Crippen molar-refractivity contribution in [2.24, 2.45) is 47.3 Å². The molecule has 0 aromatic heterocycles. The van der Waals surface area contributed by atoms with Crippen molar-refractivity contribution in [3.63, 3.8) is 0 Å². The lowest BCUT2D eigenvalue weighted by atomic mass is 9.78. The lowest BCUT2D eigenvalue weighted by molar-refractivity contribution is -0.158. The molecule has 0 saturated carbocycles. The molecule has 5 aliphatic heterocycles. The van der Waals surface area contributed by atoms with Gasteiger partial charge in [-0.3, -0.25) is 0 Å². The lowest BCUT2D eigenvalue weighted by Crippen LogP contribution is -2.45. The molecule has 2 saturated heterocycles. The van der Waals surface area contributed by atoms with Crippen molar-refractivity contribution in [1.29, 1.82) is 0 Å². The number of ether oxygens (including phenoxy) is 10. The Balaban J connectivity index is 1.36. The molecule has 0 aromatic carbocycles. The molecule has 564 valence electrons. The summed E-state index contributed by atoms with van der Waals surface area (Å²) >= 11 is 0. The molecule has 5 rings (SSSR count). The molecule has 2 fully saturated rings. The third-order valence-electron chi connectivity index (χ3n) is 22.3. The van der Waals surface area contributed by atoms with Crippen molar-refractivity contribution >= 4 is 11.9 Å². The molecule has 5 heterocycles. The summed E-state index contributed by atoms with van der Waals surface area (Å²) in [6.07, 6.45) is 14.1. The van der Waals surface area contributed by atoms with Gasteiger partial charge in [0, 0.05) is 102 Å². The van der Waals surface area contributed by atoms with Gasteiger partial charge < -0.3 is 88.2 Å². The van der Waals surface area contributed by atoms with Crippen molar-refractivity contribution in [3.05, 3.63) is 71.9 Å². The van der Waals surface area contributed by atoms with Crippen LogP contribution in [0.4, 0.5) is 0 Å². The van der Waals surface area contributed by atoms with Crippen molar-refractivity contribution in [1.82, 2.24) is 0 Å². The van der Waals surface area contributed by atoms with Gasteiger partial charge in [0.1, 0.15) is 12.2 Å². The van der Waals surface area contributed by atoms with Gasteiger partial charge in [-0.05, 0) is 129 Å². The van der Waals surface area contributed by atoms with Gasteiger partial charge in [0.2, 0.25) is 0 Å². The van der Waals surface area contributed by atoms with Crippen molar-refractivity contribution in [2.75, 3.05) is 28.4 Å². The minimum atomic E-state index is -1.16. The summed E-state index contributed by atoms with van der Waals surface area (Å²) in [6, 6.07) is 0. The van der Waals surface area contributed by atoms with E-state index in [-0.39, 0.29) is 99.2 Å². The first-order chi connectivity index (χ1) is 46.4. The zero-order valence-corrected chi connectivity index (χ0v) is 62.3. The predicted molar refractivity (Wildman–Crippen MR) is 377 cm³/mol. The van der Waals surface area contributed by atoms with Crippen LogP contribution in [0.15, 0.2) is 71.9 Å². The zero-order chi connectivity index (χ0) is 72.5. The van der Waals surface area contributed by atoms with E-state index in [1.165, 1.54) is 12.2 Å². The largest absolute Gasteiger partial charge is 0.458 e. The highest BCUT2D eigenvalue weighted by Crippen LogP contribution is 2.37. The molecule has 20 nitrogen and oxygen atoms in total. The number of allylic oxidation sites excluding steroid dienone is 4. The van der Waals surface area contributed by atoms with Gasteiger partial charge in [0.15, 0.2) is 0 Å². The third kappa shape index (κ3) is 28.1. The van der Waals surface area contributed by atoms with Crippen LogP contribution in [0.2, 0.25) is 0 Å². The van der Waals surface area contributed by atoms with Gasteiger partial charge in [0.25, 0.3) is 0 Å². The van der Waals surface area contributed by atoms with Gasteiger partial charge in [0.05, 0.1) is 122 Å². The minimum Gasteiger partial charge on any atom is -0.458 e. The van der Waals surface area contributed by atoms with Gasteiger partial charge >= 0.3 is 11.9 Å². The Morgan fingerprint density at radius 3 is 1.15 bits per heavy atom. The van der Waals surface area contributed by atoms with E-state index in [9.17, 15) is 50.4 Å². The fraction of sp³-hybridized carbons (Fsp3) is 0.821. The van der Waals surface area contributed by atoms with Crippen molar-refractivity contribution in [2.45, 2.75) is 333 Å². The fourth-order valence-electron chi connectivity index (χ4n) is 15.3. The standard InChI is InChI=1S/C78H132O20/c1-45-23-29-57(79)37-59-19-17-21-61(95-59)41-71(91-15)52(8)68(82)44-70(84)54(10)78(56(12)76(88)48(4)28-32-64-40-66(90-14)36-50(6)94-64)98-74(86)34-26-46(2)24-30-58(80)38-60-20-18-22-62(96-60)42-72(92-16)51(7)67(81)43-69(83)53(9)77(97-73(85)33-25-45)55(11)75(87)47(3)27-31-63-39-65(89-13)35-49(5)93-63/h17-20,23-26,33-34,47-72,75-84,87-88H,21-22,27-32,35-44H2,1-16H3/b33-25-,34-26+,45-23+,46-24+/t47-,48-,49-,50-,51-,52-,53-,54-,55-,56-,57-,58-,59-,60-,61-,62-,63-,64-,65+,66+,67?,68-,69+,70+,71-,72-,75-,76-,77-,78-/m0/s1. The Hall–Kier alpha value is -3.26. The monoisotopic (exact) mass is 1390 g/mol. The number of carbonyl (C=O) groups excluding carboxylic acids is 2. The number of aliphatic hydroxyl groups is 8. The van der Waals surface area contributed by atoms with Gasteiger partial charge in [-0.2, -0.15) is 0 Å². The van der Waals surface area contributed by atoms with E-state index in [1.54, 1.807) is 54.4 Å². The van der Waals surface area contributed by atoms with E-state index in [0.29, 0.717) is 62.5 Å². The number of carbonyl (C=O) groups is 2. The normalized spacial score (nSPS) is 41.1. The molecule has 20 heteroatoms. The highest BCUT2D eigenvalue weighted by Gasteiger charge is 2.42. The zero-order valence-electron chi connectivity index (χ0n) is 62.3. The van der Waals surface area contributed by atoms with Crippen LogP contribution in [0, 0.1) is 47.3 Å². The summed E-state index contributed by atoms with van der Waals surface area (Å²) < 4.78 is 61.3. The first-order valence-corrected chi connectivity index (χ1v) is 37.1. The maximum Gasteiger partial charge on any atom is 0.331 e. The second kappa shape index (κ2) is 43.1. The molecule has 30 atom stereocenters. The van der Waals surface area contributed by atoms with E-state index >= 15 is 0 Å². The maximum atomic E-state index is 13.9. The lowest BCUT2D eigenvalue weighted by Gasteiger charge is -2.38. The molecule has 0 radical (unpaired) electrons. The van der Waals surface area contributed by atoms with Gasteiger partial charge in [-0.15, -0.1) is 0 Å². The Morgan fingerprint density at radius 2 is 0.806 bits per heavy atom. The molecule has 0 amide bonds. The van der Waals surface area contributed by atoms with Crippen LogP contribution in [0.3, 0.4) is 0 Å². The Kier molecular flexibility index (Phi) is 37.6. The number of aliphatic hydroxyl groups excluding tert-OH is 8. The minimum absolute atomic E-state index is 0.0293. The maximum absolute atomic E-state index is 13.9. The van der Waals surface area contributed by atoms with Crippen LogP contribution >= 0.6 is 0 Å². The van der Waals surface area contributed by atoms with Crippen molar-refractivity contribution < 1.29 is 97.8 Å². The molecule has 98 heavy (non-hydrogen) atoms. The average molecular weight is 1390 g/mol. The SMILES string of the molecule is CO[C@H]1C[C@H](CC[C@H](C)[C@H](O)[C@H](C)[C@H]2OC(=O)/C=C\C(C)=C\C[C@H](O)C[C@@H]3C=CC[C@@H](C[C@H](OC)[C@@H](C)[C@@H](O)C[C@@H](O)[C@H](C)[C@@H]([C@@H](C)[C@@H](O)[C@@H](C)CC[C@H]4C[C@H](OC)C[C@H](C)O4)OC(=O)/C=C/C(C)=C/C[C@H](O)C[C@@H]4C=CC[C@@H](C[C@H](OC)[C@@H](C)C(O)C[C@@H](O)[C@@H]2C)O4)O3)O[C@@H](C)C1. The number of cyclic esters (lactones) is 2. The van der Waals surface area contributed by atoms with E-state index < -0.39 is 133 Å². The topological polar surface area (TPSA) is 288 Å². The van der Waals surface area contributed by atoms with Crippen LogP contribution in [0.1, 0.15) is 199 Å². The Labute approximate surface area is 587 Å². The molecule has 0 aromatic rings. The molecule has 0 aliphatic carbocycles. The summed E-state index contributed by atoms with van der Waals surface area (Å²) in [5, 5.41) is 94.4. The van der Waals surface area contributed by atoms with Crippen LogP contribution in [-0.2, 0) is 57.0 Å². The van der Waals surface area contributed by atoms with E-state index in [2.05, 4.69) is 0 Å². The third-order valence-corrected chi connectivity index (χ3v) is 22.3. The first kappa shape index (κ1) is 85.4. The summed E-state index contributed by atoms with van der Waals surface area (Å²) in [6.45, 7) is 22.5. The molecule has 5 aliphatic rings. The quantitative estimate of drug-likeness (QED) is 0.0527. The van der Waals surface area contributed by atoms with E-state index in [4.69, 9.17) is 47.4 Å². The highest BCUT2D eigenvalue weighted by atomic mass is 16.6. The van der Waals surface area contributed by atoms with Crippen LogP contribution in [-0.4, -0.2) is 216 Å². The summed E-state index contributed by atoms with van der Waals surface area (Å²) in [5.74, 6) is -5.50. The molecule has 0 spiro atoms. The molecular formula is C78H132O20. The number of hydrogen-bond acceptors (Lipinski definition) is 20. The van der Waals surface area contributed by atoms with Gasteiger partial charge in [-0.25, -0.2) is 9.59 Å². The number of methoxy groups -OCH3 is 4. The second-order valence-corrected chi connectivity index (χ2v) is 30.3. The Morgan fingerprint density at radius 1 is 0.449 bits per heavy atom. The molecule has 8 N–H and O–H groups in total. The smallest absolute Gasteiger partial charge is 0.331 e. The van der Waals surface area contributed by atoms with Crippen LogP contribution < -0.4 is 0 Å². The number of rotatable bonds is 16. The van der Waals surface area contributed by atoms with Gasteiger partial charge in [-0.1, -0.05) is 115 Å². The molecular weight excluding hydrogens is 1260 g/mol. The Bertz CT molecular complexity index is 2320. The summed E-state index contributed by atoms with van der Waals surface area (Å²) in [4.78, 5) is 27.8. The summed E-state index contributed by atoms with van der Waals surface area (Å²) in [5.41, 5.74) is 1.39. The fourth-order valence-corrected chi connectivity index (χ4v) is 15.3. The van der Waals surface area contributed by atoms with E-state index in [0.717, 1.165) is 25.7 Å². The average Bonchev–Trinajstić information content (AvgIpc) is 0.853. The first-order valence-electron chi connectivity index (χ1n) is 37.1.